The monoisotopic (exact) mass is 1110 g/mol. The maximum Gasteiger partial charge on any atom is 0.249 e. The predicted molar refractivity (Wildman–Crippen MR) is 326 cm³/mol. The van der Waals surface area contributed by atoms with E-state index < -0.39 is 74.2 Å². The molecule has 0 bridgehead atoms. The van der Waals surface area contributed by atoms with Gasteiger partial charge in [-0.15, -0.1) is 0 Å². The summed E-state index contributed by atoms with van der Waals surface area (Å²) in [4.78, 5) is 13.2. The fourth-order valence-electron chi connectivity index (χ4n) is 11.6. The maximum absolute atomic E-state index is 13.2. The van der Waals surface area contributed by atoms with Crippen molar-refractivity contribution in [2.24, 2.45) is 0 Å². The van der Waals surface area contributed by atoms with Gasteiger partial charge in [0.2, 0.25) is 5.91 Å². The average Bonchev–Trinajstić information content (AvgIpc) is 3.46. The Bertz CT molecular complexity index is 1230. The molecule has 0 aromatic heterocycles. The number of carbonyl (C=O) groups is 1. The number of rotatable bonds is 61. The Labute approximate surface area is 481 Å². The first-order chi connectivity index (χ1) is 38.2. The van der Waals surface area contributed by atoms with E-state index in [-0.39, 0.29) is 6.42 Å². The standard InChI is InChI=1S/C67H133NO10/c1-3-5-7-9-11-13-15-17-19-21-23-25-26-27-28-29-30-31-32-33-34-35-37-39-41-43-45-47-49-51-53-55-60(71)66(76)68-58(57-77-67-65(75)64(74)63(73)61(56-69)78-67)62(72)59(70)54-52-50-48-46-44-42-40-38-36-24-22-20-18-16-14-12-10-8-6-4-2/h58-65,67,69-75H,3-57H2,1-2H3,(H,68,76). The maximum atomic E-state index is 13.2. The van der Waals surface area contributed by atoms with Crippen LogP contribution < -0.4 is 5.32 Å². The van der Waals surface area contributed by atoms with Gasteiger partial charge in [-0.05, 0) is 12.8 Å². The van der Waals surface area contributed by atoms with Crippen molar-refractivity contribution in [3.05, 3.63) is 0 Å². The highest BCUT2D eigenvalue weighted by atomic mass is 16.7. The molecule has 11 heteroatoms. The van der Waals surface area contributed by atoms with Crippen LogP contribution in [-0.2, 0) is 14.3 Å². The molecule has 9 unspecified atom stereocenters. The van der Waals surface area contributed by atoms with E-state index in [1.54, 1.807) is 0 Å². The number of hydrogen-bond acceptors (Lipinski definition) is 10. The van der Waals surface area contributed by atoms with Gasteiger partial charge in [-0.1, -0.05) is 341 Å². The average molecular weight is 1110 g/mol. The van der Waals surface area contributed by atoms with Crippen molar-refractivity contribution in [2.75, 3.05) is 13.2 Å². The van der Waals surface area contributed by atoms with Gasteiger partial charge in [0.25, 0.3) is 0 Å². The fraction of sp³-hybridized carbons (Fsp3) is 0.985. The lowest BCUT2D eigenvalue weighted by Gasteiger charge is -2.40. The molecule has 1 aliphatic rings. The van der Waals surface area contributed by atoms with Crippen LogP contribution in [0.15, 0.2) is 0 Å². The zero-order valence-corrected chi connectivity index (χ0v) is 51.4. The van der Waals surface area contributed by atoms with Crippen LogP contribution in [0, 0.1) is 0 Å². The minimum atomic E-state index is -1.66. The van der Waals surface area contributed by atoms with Gasteiger partial charge in [0.15, 0.2) is 6.29 Å². The zero-order chi connectivity index (χ0) is 56.8. The van der Waals surface area contributed by atoms with Crippen LogP contribution in [0.25, 0.3) is 0 Å². The number of carbonyl (C=O) groups excluding carboxylic acids is 1. The first kappa shape index (κ1) is 75.1. The molecule has 8 N–H and O–H groups in total. The van der Waals surface area contributed by atoms with Gasteiger partial charge < -0.3 is 50.5 Å². The predicted octanol–water partition coefficient (Wildman–Crippen LogP) is 16.1. The van der Waals surface area contributed by atoms with Gasteiger partial charge >= 0.3 is 0 Å². The van der Waals surface area contributed by atoms with Crippen molar-refractivity contribution in [3.63, 3.8) is 0 Å². The number of nitrogens with one attached hydrogen (secondary N) is 1. The van der Waals surface area contributed by atoms with Crippen molar-refractivity contribution >= 4 is 5.91 Å². The number of hydrogen-bond donors (Lipinski definition) is 8. The third-order valence-corrected chi connectivity index (χ3v) is 17.2. The Morgan fingerprint density at radius 1 is 0.397 bits per heavy atom. The van der Waals surface area contributed by atoms with Crippen molar-refractivity contribution in [2.45, 2.75) is 409 Å². The summed E-state index contributed by atoms with van der Waals surface area (Å²) >= 11 is 0. The normalized spacial score (nSPS) is 19.3. The summed E-state index contributed by atoms with van der Waals surface area (Å²) in [6, 6.07) is -1.16. The van der Waals surface area contributed by atoms with E-state index in [0.29, 0.717) is 19.3 Å². The van der Waals surface area contributed by atoms with Crippen molar-refractivity contribution in [3.8, 4) is 0 Å². The lowest BCUT2D eigenvalue weighted by atomic mass is 9.98. The van der Waals surface area contributed by atoms with E-state index in [1.807, 2.05) is 0 Å². The lowest BCUT2D eigenvalue weighted by molar-refractivity contribution is -0.303. The second kappa shape index (κ2) is 56.6. The SMILES string of the molecule is CCCCCCCCCCCCCCCCCCCCCCCCCCCCCCCCCC(O)C(=O)NC(COC1OC(CO)C(O)C(O)C1O)C(O)C(O)CCCCCCCCCCCCCCCCCCCCCC. The van der Waals surface area contributed by atoms with Gasteiger partial charge in [-0.25, -0.2) is 0 Å². The summed E-state index contributed by atoms with van der Waals surface area (Å²) in [5.74, 6) is -0.687. The van der Waals surface area contributed by atoms with Crippen LogP contribution in [0.5, 0.6) is 0 Å². The number of unbranched alkanes of at least 4 members (excludes halogenated alkanes) is 49. The summed E-state index contributed by atoms with van der Waals surface area (Å²) in [5, 5.41) is 76.5. The quantitative estimate of drug-likeness (QED) is 0.0272. The third-order valence-electron chi connectivity index (χ3n) is 17.2. The molecule has 0 spiro atoms. The summed E-state index contributed by atoms with van der Waals surface area (Å²) < 4.78 is 11.2. The molecule has 466 valence electrons. The smallest absolute Gasteiger partial charge is 0.249 e. The number of amides is 1. The molecule has 0 aromatic rings. The summed E-state index contributed by atoms with van der Waals surface area (Å²) in [6.45, 7) is 3.52. The fourth-order valence-corrected chi connectivity index (χ4v) is 11.6. The molecule has 0 aliphatic carbocycles. The second-order valence-electron chi connectivity index (χ2n) is 24.6. The van der Waals surface area contributed by atoms with E-state index in [4.69, 9.17) is 9.47 Å². The molecule has 78 heavy (non-hydrogen) atoms. The largest absolute Gasteiger partial charge is 0.394 e. The van der Waals surface area contributed by atoms with Crippen LogP contribution in [0.2, 0.25) is 0 Å². The lowest BCUT2D eigenvalue weighted by Crippen LogP contribution is -2.60. The van der Waals surface area contributed by atoms with E-state index in [9.17, 15) is 40.5 Å². The van der Waals surface area contributed by atoms with Crippen molar-refractivity contribution in [1.29, 1.82) is 0 Å². The van der Waals surface area contributed by atoms with Crippen molar-refractivity contribution in [1.82, 2.24) is 5.32 Å². The molecule has 1 aliphatic heterocycles. The van der Waals surface area contributed by atoms with Gasteiger partial charge in [0.1, 0.15) is 36.6 Å². The summed E-state index contributed by atoms with van der Waals surface area (Å²) in [5.41, 5.74) is 0. The molecule has 1 rings (SSSR count). The van der Waals surface area contributed by atoms with E-state index in [0.717, 1.165) is 38.5 Å². The van der Waals surface area contributed by atoms with Gasteiger partial charge in [0, 0.05) is 0 Å². The molecule has 0 aromatic carbocycles. The molecule has 9 atom stereocenters. The van der Waals surface area contributed by atoms with E-state index in [2.05, 4.69) is 19.2 Å². The van der Waals surface area contributed by atoms with Crippen molar-refractivity contribution < 1.29 is 50.0 Å². The summed E-state index contributed by atoms with van der Waals surface area (Å²) in [7, 11) is 0. The van der Waals surface area contributed by atoms with Crippen LogP contribution in [0.4, 0.5) is 0 Å². The molecule has 1 heterocycles. The molecule has 1 fully saturated rings. The van der Waals surface area contributed by atoms with Crippen LogP contribution in [0.1, 0.15) is 354 Å². The molecule has 1 amide bonds. The second-order valence-corrected chi connectivity index (χ2v) is 24.6. The molecule has 0 radical (unpaired) electrons. The minimum Gasteiger partial charge on any atom is -0.394 e. The topological polar surface area (TPSA) is 189 Å². The van der Waals surface area contributed by atoms with Gasteiger partial charge in [0.05, 0.1) is 25.4 Å². The Hall–Kier alpha value is -0.890. The first-order valence-corrected chi connectivity index (χ1v) is 34.4. The van der Waals surface area contributed by atoms with Crippen LogP contribution in [-0.4, -0.2) is 110 Å². The highest BCUT2D eigenvalue weighted by Crippen LogP contribution is 2.24. The highest BCUT2D eigenvalue weighted by Gasteiger charge is 2.44. The molecule has 1 saturated heterocycles. The Morgan fingerprint density at radius 2 is 0.667 bits per heavy atom. The molecule has 0 saturated carbocycles. The highest BCUT2D eigenvalue weighted by molar-refractivity contribution is 5.80. The zero-order valence-electron chi connectivity index (χ0n) is 51.4. The number of aliphatic hydroxyl groups excluding tert-OH is 7. The first-order valence-electron chi connectivity index (χ1n) is 34.4. The minimum absolute atomic E-state index is 0.268. The third kappa shape index (κ3) is 43.7. The Balaban J connectivity index is 2.17. The van der Waals surface area contributed by atoms with Crippen LogP contribution >= 0.6 is 0 Å². The van der Waals surface area contributed by atoms with Gasteiger partial charge in [-0.3, -0.25) is 4.79 Å². The molecular weight excluding hydrogens is 979 g/mol. The number of aliphatic hydroxyl groups is 7. The Kier molecular flexibility index (Phi) is 54.5. The summed E-state index contributed by atoms with van der Waals surface area (Å²) in [6.07, 6.45) is 56.1. The van der Waals surface area contributed by atoms with Gasteiger partial charge in [-0.2, -0.15) is 0 Å². The number of ether oxygens (including phenoxy) is 2. The van der Waals surface area contributed by atoms with Crippen LogP contribution in [0.3, 0.4) is 0 Å². The Morgan fingerprint density at radius 3 is 0.949 bits per heavy atom. The van der Waals surface area contributed by atoms with E-state index >= 15 is 0 Å². The van der Waals surface area contributed by atoms with E-state index in [1.165, 1.54) is 276 Å². The molecular formula is C67H133NO10. The molecule has 11 nitrogen and oxygen atoms in total.